The molecule has 2 nitrogen and oxygen atoms in total. The summed E-state index contributed by atoms with van der Waals surface area (Å²) >= 11 is 5.93. The topological polar surface area (TPSA) is 46.2 Å². The van der Waals surface area contributed by atoms with Gasteiger partial charge in [-0.2, -0.15) is 0 Å². The molecule has 72 valence electrons. The second-order valence-corrected chi connectivity index (χ2v) is 3.70. The molecular weight excluding hydrogens is 186 g/mol. The average molecular weight is 200 g/mol. The Bertz CT molecular complexity index is 312. The molecule has 0 aromatic heterocycles. The van der Waals surface area contributed by atoms with Crippen LogP contribution in [0.1, 0.15) is 24.0 Å². The van der Waals surface area contributed by atoms with Crippen molar-refractivity contribution < 1.29 is 5.11 Å². The molecule has 1 atom stereocenters. The van der Waals surface area contributed by atoms with Crippen molar-refractivity contribution in [2.75, 3.05) is 6.54 Å². The van der Waals surface area contributed by atoms with E-state index in [2.05, 4.69) is 0 Å². The van der Waals surface area contributed by atoms with Gasteiger partial charge in [-0.25, -0.2) is 0 Å². The number of halogens is 1. The lowest BCUT2D eigenvalue weighted by Gasteiger charge is -2.13. The van der Waals surface area contributed by atoms with Gasteiger partial charge < -0.3 is 10.8 Å². The fourth-order valence-corrected chi connectivity index (χ4v) is 1.56. The minimum absolute atomic E-state index is 0.136. The molecule has 0 fully saturated rings. The van der Waals surface area contributed by atoms with E-state index in [0.717, 1.165) is 11.1 Å². The highest BCUT2D eigenvalue weighted by atomic mass is 35.5. The number of phenols is 1. The van der Waals surface area contributed by atoms with Crippen LogP contribution >= 0.6 is 11.6 Å². The van der Waals surface area contributed by atoms with E-state index in [0.29, 0.717) is 11.6 Å². The Morgan fingerprint density at radius 1 is 1.54 bits per heavy atom. The quantitative estimate of drug-likeness (QED) is 0.769. The number of aromatic hydroxyl groups is 1. The van der Waals surface area contributed by atoms with Crippen molar-refractivity contribution in [3.05, 3.63) is 28.3 Å². The minimum Gasteiger partial charge on any atom is -0.506 e. The molecule has 0 heterocycles. The Kier molecular flexibility index (Phi) is 3.17. The van der Waals surface area contributed by atoms with Gasteiger partial charge in [0.1, 0.15) is 5.75 Å². The van der Waals surface area contributed by atoms with E-state index in [1.807, 2.05) is 19.9 Å². The van der Waals surface area contributed by atoms with E-state index < -0.39 is 0 Å². The van der Waals surface area contributed by atoms with E-state index in [9.17, 15) is 5.11 Å². The number of phenolic OH excluding ortho intramolecular Hbond substituents is 1. The maximum Gasteiger partial charge on any atom is 0.134 e. The van der Waals surface area contributed by atoms with Gasteiger partial charge in [0.25, 0.3) is 0 Å². The third-order valence-electron chi connectivity index (χ3n) is 2.11. The molecule has 0 aliphatic heterocycles. The van der Waals surface area contributed by atoms with Crippen LogP contribution in [0.3, 0.4) is 0 Å². The Hall–Kier alpha value is -0.730. The van der Waals surface area contributed by atoms with Crippen molar-refractivity contribution in [3.8, 4) is 5.75 Å². The van der Waals surface area contributed by atoms with Gasteiger partial charge in [-0.15, -0.1) is 0 Å². The third-order valence-corrected chi connectivity index (χ3v) is 2.52. The van der Waals surface area contributed by atoms with Crippen LogP contribution in [0.2, 0.25) is 5.02 Å². The van der Waals surface area contributed by atoms with E-state index in [-0.39, 0.29) is 11.7 Å². The van der Waals surface area contributed by atoms with Gasteiger partial charge in [0.15, 0.2) is 0 Å². The summed E-state index contributed by atoms with van der Waals surface area (Å²) in [6.07, 6.45) is 0. The van der Waals surface area contributed by atoms with Gasteiger partial charge in [-0.3, -0.25) is 0 Å². The molecule has 3 N–H and O–H groups in total. The summed E-state index contributed by atoms with van der Waals surface area (Å²) in [5.74, 6) is 0.315. The van der Waals surface area contributed by atoms with Crippen molar-refractivity contribution in [2.45, 2.75) is 19.8 Å². The minimum atomic E-state index is 0.136. The Morgan fingerprint density at radius 2 is 2.15 bits per heavy atom. The molecule has 0 amide bonds. The first-order chi connectivity index (χ1) is 6.06. The predicted octanol–water partition coefficient (Wildman–Crippen LogP) is 2.42. The van der Waals surface area contributed by atoms with Crippen molar-refractivity contribution >= 4 is 11.6 Å². The van der Waals surface area contributed by atoms with Crippen molar-refractivity contribution in [1.29, 1.82) is 0 Å². The molecule has 1 rings (SSSR count). The molecule has 0 spiro atoms. The van der Waals surface area contributed by atoms with Gasteiger partial charge in [0, 0.05) is 0 Å². The van der Waals surface area contributed by atoms with Crippen LogP contribution in [0.25, 0.3) is 0 Å². The monoisotopic (exact) mass is 199 g/mol. The fourth-order valence-electron chi connectivity index (χ4n) is 1.26. The summed E-state index contributed by atoms with van der Waals surface area (Å²) in [5, 5.41) is 9.87. The molecule has 0 radical (unpaired) electrons. The molecule has 0 bridgehead atoms. The summed E-state index contributed by atoms with van der Waals surface area (Å²) in [6, 6.07) is 3.61. The van der Waals surface area contributed by atoms with Gasteiger partial charge in [-0.1, -0.05) is 24.6 Å². The summed E-state index contributed by atoms with van der Waals surface area (Å²) in [5.41, 5.74) is 7.45. The van der Waals surface area contributed by atoms with E-state index >= 15 is 0 Å². The van der Waals surface area contributed by atoms with Crippen LogP contribution in [0.5, 0.6) is 5.75 Å². The molecule has 13 heavy (non-hydrogen) atoms. The molecule has 3 heteroatoms. The number of rotatable bonds is 2. The first kappa shape index (κ1) is 10.4. The number of benzene rings is 1. The summed E-state index contributed by atoms with van der Waals surface area (Å²) in [4.78, 5) is 0. The SMILES string of the molecule is Cc1cc(O)c(Cl)c(C(C)CN)c1. The average Bonchev–Trinajstić information content (AvgIpc) is 2.10. The van der Waals surface area contributed by atoms with Crippen molar-refractivity contribution in [1.82, 2.24) is 0 Å². The fraction of sp³-hybridized carbons (Fsp3) is 0.400. The number of hydrogen-bond donors (Lipinski definition) is 2. The summed E-state index contributed by atoms with van der Waals surface area (Å²) < 4.78 is 0. The van der Waals surface area contributed by atoms with Crippen molar-refractivity contribution in [3.63, 3.8) is 0 Å². The van der Waals surface area contributed by atoms with Crippen molar-refractivity contribution in [2.24, 2.45) is 5.73 Å². The standard InChI is InChI=1S/C10H14ClNO/c1-6-3-8(7(2)5-12)10(11)9(13)4-6/h3-4,7,13H,5,12H2,1-2H3. The number of nitrogens with two attached hydrogens (primary N) is 1. The zero-order valence-electron chi connectivity index (χ0n) is 7.84. The molecule has 0 aliphatic carbocycles. The molecule has 1 aromatic rings. The molecule has 1 aromatic carbocycles. The van der Waals surface area contributed by atoms with Gasteiger partial charge >= 0.3 is 0 Å². The smallest absolute Gasteiger partial charge is 0.134 e. The lowest BCUT2D eigenvalue weighted by molar-refractivity contribution is 0.473. The molecular formula is C10H14ClNO. The van der Waals surface area contributed by atoms with Crippen LogP contribution in [0, 0.1) is 6.92 Å². The normalized spacial score (nSPS) is 12.9. The maximum absolute atomic E-state index is 9.45. The Morgan fingerprint density at radius 3 is 2.69 bits per heavy atom. The lowest BCUT2D eigenvalue weighted by Crippen LogP contribution is -2.09. The van der Waals surface area contributed by atoms with E-state index in [4.69, 9.17) is 17.3 Å². The van der Waals surface area contributed by atoms with Crippen LogP contribution in [0.15, 0.2) is 12.1 Å². The summed E-state index contributed by atoms with van der Waals surface area (Å²) in [7, 11) is 0. The highest BCUT2D eigenvalue weighted by molar-refractivity contribution is 6.32. The maximum atomic E-state index is 9.45. The summed E-state index contributed by atoms with van der Waals surface area (Å²) in [6.45, 7) is 4.44. The number of aryl methyl sites for hydroxylation is 1. The first-order valence-electron chi connectivity index (χ1n) is 4.25. The zero-order valence-corrected chi connectivity index (χ0v) is 8.60. The molecule has 0 aliphatic rings. The van der Waals surface area contributed by atoms with Crippen LogP contribution in [0.4, 0.5) is 0 Å². The Balaban J connectivity index is 3.20. The first-order valence-corrected chi connectivity index (χ1v) is 4.63. The van der Waals surface area contributed by atoms with Gasteiger partial charge in [0.2, 0.25) is 0 Å². The number of hydrogen-bond acceptors (Lipinski definition) is 2. The second-order valence-electron chi connectivity index (χ2n) is 3.32. The molecule has 0 saturated heterocycles. The van der Waals surface area contributed by atoms with E-state index in [1.165, 1.54) is 0 Å². The van der Waals surface area contributed by atoms with Crippen LogP contribution in [-0.2, 0) is 0 Å². The highest BCUT2D eigenvalue weighted by Crippen LogP contribution is 2.32. The lowest BCUT2D eigenvalue weighted by atomic mass is 9.99. The zero-order chi connectivity index (χ0) is 10.0. The molecule has 0 saturated carbocycles. The van der Waals surface area contributed by atoms with Gasteiger partial charge in [0.05, 0.1) is 5.02 Å². The predicted molar refractivity (Wildman–Crippen MR) is 55.3 cm³/mol. The van der Waals surface area contributed by atoms with Crippen LogP contribution < -0.4 is 5.73 Å². The van der Waals surface area contributed by atoms with E-state index in [1.54, 1.807) is 6.07 Å². The highest BCUT2D eigenvalue weighted by Gasteiger charge is 2.11. The third kappa shape index (κ3) is 2.14. The van der Waals surface area contributed by atoms with Crippen LogP contribution in [-0.4, -0.2) is 11.7 Å². The largest absolute Gasteiger partial charge is 0.506 e. The molecule has 1 unspecified atom stereocenters. The second kappa shape index (κ2) is 3.99. The van der Waals surface area contributed by atoms with Gasteiger partial charge in [-0.05, 0) is 36.6 Å². The Labute approximate surface area is 83.3 Å².